The van der Waals surface area contributed by atoms with E-state index in [1.165, 1.54) is 7.11 Å². The molecule has 0 amide bonds. The molecule has 0 saturated carbocycles. The van der Waals surface area contributed by atoms with Crippen molar-refractivity contribution < 1.29 is 9.53 Å². The molecule has 2 N–H and O–H groups in total. The maximum Gasteiger partial charge on any atom is 0.323 e. The van der Waals surface area contributed by atoms with Crippen molar-refractivity contribution in [2.24, 2.45) is 0 Å². The summed E-state index contributed by atoms with van der Waals surface area (Å²) in [7, 11) is 1.36. The van der Waals surface area contributed by atoms with Gasteiger partial charge in [-0.05, 0) is 17.2 Å². The Morgan fingerprint density at radius 2 is 1.92 bits per heavy atom. The quantitative estimate of drug-likeness (QED) is 0.680. The van der Waals surface area contributed by atoms with E-state index < -0.39 is 12.1 Å². The van der Waals surface area contributed by atoms with Crippen molar-refractivity contribution in [3.63, 3.8) is 0 Å². The predicted molar refractivity (Wildman–Crippen MR) is 95.7 cm³/mol. The van der Waals surface area contributed by atoms with E-state index in [2.05, 4.69) is 16.4 Å². The molecule has 25 heavy (non-hydrogen) atoms. The molecule has 126 valence electrons. The minimum atomic E-state index is -0.617. The second-order valence-electron chi connectivity index (χ2n) is 5.78. The van der Waals surface area contributed by atoms with Crippen LogP contribution in [0.15, 0.2) is 60.8 Å². The van der Waals surface area contributed by atoms with Crippen molar-refractivity contribution in [1.29, 1.82) is 5.26 Å². The summed E-state index contributed by atoms with van der Waals surface area (Å²) in [5.41, 5.74) is 2.84. The van der Waals surface area contributed by atoms with Crippen LogP contribution in [0.5, 0.6) is 0 Å². The van der Waals surface area contributed by atoms with Gasteiger partial charge in [0, 0.05) is 23.5 Å². The zero-order valence-electron chi connectivity index (χ0n) is 13.9. The number of nitrogens with zero attached hydrogens (tertiary/aromatic N) is 1. The van der Waals surface area contributed by atoms with Crippen molar-refractivity contribution >= 4 is 16.9 Å². The molecule has 1 heterocycles. The van der Waals surface area contributed by atoms with E-state index in [1.807, 2.05) is 60.8 Å². The Balaban J connectivity index is 1.85. The van der Waals surface area contributed by atoms with E-state index in [0.29, 0.717) is 6.42 Å². The average Bonchev–Trinajstić information content (AvgIpc) is 3.08. The molecule has 0 aliphatic carbocycles. The number of benzene rings is 2. The molecule has 3 rings (SSSR count). The molecule has 0 bridgehead atoms. The number of para-hydroxylation sites is 1. The van der Waals surface area contributed by atoms with Crippen LogP contribution in [0, 0.1) is 11.3 Å². The molecule has 0 aliphatic heterocycles. The molecule has 0 saturated heterocycles. The number of nitriles is 1. The van der Waals surface area contributed by atoms with Gasteiger partial charge in [0.05, 0.1) is 13.2 Å². The summed E-state index contributed by atoms with van der Waals surface area (Å²) >= 11 is 0. The number of methoxy groups -OCH3 is 1. The van der Waals surface area contributed by atoms with Crippen LogP contribution >= 0.6 is 0 Å². The minimum absolute atomic E-state index is 0.388. The van der Waals surface area contributed by atoms with Gasteiger partial charge >= 0.3 is 5.97 Å². The Hall–Kier alpha value is -3.10. The Morgan fingerprint density at radius 3 is 2.64 bits per heavy atom. The van der Waals surface area contributed by atoms with E-state index in [9.17, 15) is 10.1 Å². The highest BCUT2D eigenvalue weighted by Crippen LogP contribution is 2.21. The van der Waals surface area contributed by atoms with Crippen LogP contribution in [0.25, 0.3) is 10.9 Å². The number of ether oxygens (including phenoxy) is 1. The monoisotopic (exact) mass is 333 g/mol. The molecule has 5 heteroatoms. The molecule has 0 radical (unpaired) electrons. The molecule has 5 nitrogen and oxygen atoms in total. The van der Waals surface area contributed by atoms with Gasteiger partial charge in [-0.15, -0.1) is 0 Å². The lowest BCUT2D eigenvalue weighted by Gasteiger charge is -2.20. The molecule has 0 aliphatic rings. The SMILES string of the molecule is COC(=O)[C@H](Cc1c[nH]c2ccccc12)N[C@@H](C#N)c1ccccc1. The lowest BCUT2D eigenvalue weighted by Crippen LogP contribution is -2.41. The smallest absolute Gasteiger partial charge is 0.323 e. The molecular formula is C20H19N3O2. The first-order valence-electron chi connectivity index (χ1n) is 8.06. The number of hydrogen-bond acceptors (Lipinski definition) is 4. The Labute approximate surface area is 146 Å². The van der Waals surface area contributed by atoms with Crippen LogP contribution in [-0.4, -0.2) is 24.1 Å². The van der Waals surface area contributed by atoms with Crippen molar-refractivity contribution in [3.8, 4) is 6.07 Å². The number of esters is 1. The number of rotatable bonds is 6. The van der Waals surface area contributed by atoms with E-state index >= 15 is 0 Å². The van der Waals surface area contributed by atoms with Crippen molar-refractivity contribution in [2.75, 3.05) is 7.11 Å². The summed E-state index contributed by atoms with van der Waals surface area (Å²) in [6.07, 6.45) is 2.33. The maximum atomic E-state index is 12.3. The molecule has 1 aromatic heterocycles. The van der Waals surface area contributed by atoms with Crippen LogP contribution in [-0.2, 0) is 16.0 Å². The first-order chi connectivity index (χ1) is 12.2. The Kier molecular flexibility index (Phi) is 5.12. The summed E-state index contributed by atoms with van der Waals surface area (Å²) in [6, 6.07) is 18.3. The third-order valence-electron chi connectivity index (χ3n) is 4.21. The normalized spacial score (nSPS) is 13.1. The standard InChI is InChI=1S/C20H19N3O2/c1-25-20(24)18(23-19(12-21)14-7-3-2-4-8-14)11-15-13-22-17-10-6-5-9-16(15)17/h2-10,13,18-19,22-23H,11H2,1H3/t18-,19-/m0/s1. The third kappa shape index (κ3) is 3.70. The molecule has 2 atom stereocenters. The minimum Gasteiger partial charge on any atom is -0.468 e. The number of nitrogens with one attached hydrogen (secondary N) is 2. The van der Waals surface area contributed by atoms with E-state index in [0.717, 1.165) is 22.0 Å². The highest BCUT2D eigenvalue weighted by Gasteiger charge is 2.25. The Morgan fingerprint density at radius 1 is 1.20 bits per heavy atom. The third-order valence-corrected chi connectivity index (χ3v) is 4.21. The fourth-order valence-electron chi connectivity index (χ4n) is 2.93. The van der Waals surface area contributed by atoms with Gasteiger partial charge in [0.25, 0.3) is 0 Å². The topological polar surface area (TPSA) is 77.9 Å². The van der Waals surface area contributed by atoms with Crippen molar-refractivity contribution in [1.82, 2.24) is 10.3 Å². The lowest BCUT2D eigenvalue weighted by atomic mass is 10.0. The molecular weight excluding hydrogens is 314 g/mol. The van der Waals surface area contributed by atoms with Gasteiger partial charge < -0.3 is 9.72 Å². The predicted octanol–water partition coefficient (Wildman–Crippen LogP) is 3.11. The molecule has 0 unspecified atom stereocenters. The molecule has 0 fully saturated rings. The van der Waals surface area contributed by atoms with Crippen LogP contribution in [0.2, 0.25) is 0 Å². The number of fused-ring (bicyclic) bond motifs is 1. The number of carbonyl (C=O) groups excluding carboxylic acids is 1. The van der Waals surface area contributed by atoms with Gasteiger partial charge in [-0.1, -0.05) is 48.5 Å². The van der Waals surface area contributed by atoms with Crippen LogP contribution in [0.3, 0.4) is 0 Å². The number of aromatic amines is 1. The highest BCUT2D eigenvalue weighted by atomic mass is 16.5. The first-order valence-corrected chi connectivity index (χ1v) is 8.06. The van der Waals surface area contributed by atoms with Crippen LogP contribution < -0.4 is 5.32 Å². The van der Waals surface area contributed by atoms with Crippen LogP contribution in [0.4, 0.5) is 0 Å². The van der Waals surface area contributed by atoms with Gasteiger partial charge in [-0.25, -0.2) is 0 Å². The van der Waals surface area contributed by atoms with Gasteiger partial charge in [-0.3, -0.25) is 10.1 Å². The summed E-state index contributed by atoms with van der Waals surface area (Å²) in [6.45, 7) is 0. The highest BCUT2D eigenvalue weighted by molar-refractivity contribution is 5.84. The zero-order valence-corrected chi connectivity index (χ0v) is 13.9. The van der Waals surface area contributed by atoms with Crippen molar-refractivity contribution in [3.05, 3.63) is 71.9 Å². The number of carbonyl (C=O) groups is 1. The van der Waals surface area contributed by atoms with Gasteiger partial charge in [-0.2, -0.15) is 5.26 Å². The summed E-state index contributed by atoms with van der Waals surface area (Å²) < 4.78 is 4.93. The van der Waals surface area contributed by atoms with Crippen molar-refractivity contribution in [2.45, 2.75) is 18.5 Å². The number of H-pyrrole nitrogens is 1. The zero-order chi connectivity index (χ0) is 17.6. The average molecular weight is 333 g/mol. The second-order valence-corrected chi connectivity index (χ2v) is 5.78. The summed E-state index contributed by atoms with van der Waals surface area (Å²) in [4.78, 5) is 15.5. The summed E-state index contributed by atoms with van der Waals surface area (Å²) in [5.74, 6) is -0.388. The largest absolute Gasteiger partial charge is 0.468 e. The maximum absolute atomic E-state index is 12.3. The number of hydrogen-bond donors (Lipinski definition) is 2. The first kappa shape index (κ1) is 16.7. The van der Waals surface area contributed by atoms with Gasteiger partial charge in [0.1, 0.15) is 12.1 Å². The van der Waals surface area contributed by atoms with E-state index in [4.69, 9.17) is 4.74 Å². The van der Waals surface area contributed by atoms with E-state index in [1.54, 1.807) is 0 Å². The number of aromatic nitrogens is 1. The molecule has 0 spiro atoms. The Bertz CT molecular complexity index is 896. The molecule has 2 aromatic carbocycles. The van der Waals surface area contributed by atoms with Gasteiger partial charge in [0.2, 0.25) is 0 Å². The molecule has 3 aromatic rings. The second kappa shape index (κ2) is 7.65. The lowest BCUT2D eigenvalue weighted by molar-refractivity contribution is -0.143. The van der Waals surface area contributed by atoms with Gasteiger partial charge in [0.15, 0.2) is 0 Å². The fourth-order valence-corrected chi connectivity index (χ4v) is 2.93. The fraction of sp³-hybridized carbons (Fsp3) is 0.200. The van der Waals surface area contributed by atoms with E-state index in [-0.39, 0.29) is 5.97 Å². The van der Waals surface area contributed by atoms with Crippen LogP contribution in [0.1, 0.15) is 17.2 Å². The summed E-state index contributed by atoms with van der Waals surface area (Å²) in [5, 5.41) is 13.7.